The van der Waals surface area contributed by atoms with E-state index >= 15 is 0 Å². The van der Waals surface area contributed by atoms with E-state index in [9.17, 15) is 23.1 Å². The topological polar surface area (TPSA) is 37.3 Å². The van der Waals surface area contributed by atoms with Gasteiger partial charge in [0.15, 0.2) is 5.78 Å². The van der Waals surface area contributed by atoms with Gasteiger partial charge in [-0.15, -0.1) is 0 Å². The Morgan fingerprint density at radius 3 is 2.21 bits per heavy atom. The SMILES string of the molecule is CCC(C)(O)C(=O)CCCC(F)(F)F. The standard InChI is InChI=1S/C9H15F3O2/c1-3-8(2,14)7(13)5-4-6-9(10,11)12/h14H,3-6H2,1-2H3. The Kier molecular flexibility index (Phi) is 4.58. The summed E-state index contributed by atoms with van der Waals surface area (Å²) >= 11 is 0. The second-order valence-corrected chi connectivity index (χ2v) is 3.52. The minimum Gasteiger partial charge on any atom is -0.382 e. The van der Waals surface area contributed by atoms with E-state index < -0.39 is 24.0 Å². The lowest BCUT2D eigenvalue weighted by atomic mass is 9.94. The summed E-state index contributed by atoms with van der Waals surface area (Å²) in [6.07, 6.45) is -5.45. The maximum Gasteiger partial charge on any atom is 0.389 e. The fraction of sp³-hybridized carbons (Fsp3) is 0.889. The minimum atomic E-state index is -4.22. The Hall–Kier alpha value is -0.580. The van der Waals surface area contributed by atoms with Gasteiger partial charge in [-0.25, -0.2) is 0 Å². The summed E-state index contributed by atoms with van der Waals surface area (Å²) in [6.45, 7) is 2.94. The number of Topliss-reactive ketones (excluding diaryl/α,β-unsaturated/α-hetero) is 1. The highest BCUT2D eigenvalue weighted by atomic mass is 19.4. The molecule has 2 nitrogen and oxygen atoms in total. The van der Waals surface area contributed by atoms with E-state index in [1.807, 2.05) is 0 Å². The van der Waals surface area contributed by atoms with Gasteiger partial charge in [0.1, 0.15) is 5.60 Å². The first kappa shape index (κ1) is 13.4. The van der Waals surface area contributed by atoms with Crippen molar-refractivity contribution in [2.75, 3.05) is 0 Å². The average molecular weight is 212 g/mol. The third-order valence-corrected chi connectivity index (χ3v) is 2.15. The predicted molar refractivity (Wildman–Crippen MR) is 45.8 cm³/mol. The smallest absolute Gasteiger partial charge is 0.382 e. The van der Waals surface area contributed by atoms with Crippen LogP contribution in [0.25, 0.3) is 0 Å². The Morgan fingerprint density at radius 1 is 1.36 bits per heavy atom. The molecule has 0 heterocycles. The lowest BCUT2D eigenvalue weighted by molar-refractivity contribution is -0.142. The summed E-state index contributed by atoms with van der Waals surface area (Å²) in [5, 5.41) is 9.39. The van der Waals surface area contributed by atoms with Crippen LogP contribution in [-0.4, -0.2) is 22.7 Å². The number of ketones is 1. The Morgan fingerprint density at radius 2 is 1.86 bits per heavy atom. The molecule has 5 heteroatoms. The van der Waals surface area contributed by atoms with Gasteiger partial charge in [-0.05, 0) is 19.8 Å². The Balaban J connectivity index is 3.87. The van der Waals surface area contributed by atoms with E-state index in [0.717, 1.165) is 0 Å². The van der Waals surface area contributed by atoms with Crippen molar-refractivity contribution in [1.29, 1.82) is 0 Å². The molecule has 0 amide bonds. The summed E-state index contributed by atoms with van der Waals surface area (Å²) in [5.74, 6) is -0.524. The molecule has 0 aliphatic heterocycles. The van der Waals surface area contributed by atoms with Crippen LogP contribution in [0.3, 0.4) is 0 Å². The van der Waals surface area contributed by atoms with Gasteiger partial charge in [-0.2, -0.15) is 13.2 Å². The maximum absolute atomic E-state index is 11.7. The van der Waals surface area contributed by atoms with Crippen molar-refractivity contribution < 1.29 is 23.1 Å². The molecule has 0 saturated heterocycles. The van der Waals surface area contributed by atoms with Gasteiger partial charge in [0.2, 0.25) is 0 Å². The van der Waals surface area contributed by atoms with Crippen LogP contribution in [0.5, 0.6) is 0 Å². The van der Waals surface area contributed by atoms with Crippen molar-refractivity contribution in [3.8, 4) is 0 Å². The summed E-state index contributed by atoms with van der Waals surface area (Å²) < 4.78 is 35.1. The summed E-state index contributed by atoms with van der Waals surface area (Å²) in [5.41, 5.74) is -1.48. The average Bonchev–Trinajstić information content (AvgIpc) is 2.02. The molecule has 1 unspecified atom stereocenters. The predicted octanol–water partition coefficient (Wildman–Crippen LogP) is 2.45. The van der Waals surface area contributed by atoms with Crippen LogP contribution in [0.15, 0.2) is 0 Å². The number of carbonyl (C=O) groups excluding carboxylic acids is 1. The van der Waals surface area contributed by atoms with E-state index in [0.29, 0.717) is 0 Å². The molecular formula is C9H15F3O2. The van der Waals surface area contributed by atoms with Gasteiger partial charge in [-0.3, -0.25) is 4.79 Å². The molecule has 0 spiro atoms. The second kappa shape index (κ2) is 4.77. The number of aliphatic hydroxyl groups is 1. The molecule has 0 bridgehead atoms. The molecular weight excluding hydrogens is 197 g/mol. The largest absolute Gasteiger partial charge is 0.389 e. The van der Waals surface area contributed by atoms with Crippen LogP contribution in [0.4, 0.5) is 13.2 Å². The number of hydrogen-bond donors (Lipinski definition) is 1. The van der Waals surface area contributed by atoms with Crippen LogP contribution in [0, 0.1) is 0 Å². The molecule has 14 heavy (non-hydrogen) atoms. The molecule has 84 valence electrons. The van der Waals surface area contributed by atoms with Gasteiger partial charge >= 0.3 is 6.18 Å². The number of carbonyl (C=O) groups is 1. The van der Waals surface area contributed by atoms with Gasteiger partial charge in [0.25, 0.3) is 0 Å². The number of rotatable bonds is 5. The summed E-state index contributed by atoms with van der Waals surface area (Å²) in [6, 6.07) is 0. The molecule has 0 aliphatic carbocycles. The van der Waals surface area contributed by atoms with Crippen LogP contribution in [0.1, 0.15) is 39.5 Å². The van der Waals surface area contributed by atoms with Crippen molar-refractivity contribution in [2.45, 2.75) is 51.3 Å². The molecule has 1 N–H and O–H groups in total. The van der Waals surface area contributed by atoms with Crippen LogP contribution < -0.4 is 0 Å². The van der Waals surface area contributed by atoms with Gasteiger partial charge < -0.3 is 5.11 Å². The van der Waals surface area contributed by atoms with Crippen molar-refractivity contribution in [3.05, 3.63) is 0 Å². The van der Waals surface area contributed by atoms with E-state index in [2.05, 4.69) is 0 Å². The molecule has 0 aliphatic rings. The lowest BCUT2D eigenvalue weighted by Crippen LogP contribution is -2.34. The molecule has 0 fully saturated rings. The first-order valence-corrected chi connectivity index (χ1v) is 4.51. The normalized spacial score (nSPS) is 16.4. The monoisotopic (exact) mass is 212 g/mol. The molecule has 0 aromatic heterocycles. The van der Waals surface area contributed by atoms with E-state index in [1.54, 1.807) is 6.92 Å². The third-order valence-electron chi connectivity index (χ3n) is 2.15. The van der Waals surface area contributed by atoms with Gasteiger partial charge in [0.05, 0.1) is 0 Å². The minimum absolute atomic E-state index is 0.220. The quantitative estimate of drug-likeness (QED) is 0.760. The summed E-state index contributed by atoms with van der Waals surface area (Å²) in [7, 11) is 0. The second-order valence-electron chi connectivity index (χ2n) is 3.52. The molecule has 0 rings (SSSR count). The van der Waals surface area contributed by atoms with Crippen molar-refractivity contribution in [1.82, 2.24) is 0 Å². The number of alkyl halides is 3. The number of hydrogen-bond acceptors (Lipinski definition) is 2. The lowest BCUT2D eigenvalue weighted by Gasteiger charge is -2.19. The fourth-order valence-electron chi connectivity index (χ4n) is 0.916. The van der Waals surface area contributed by atoms with Crippen LogP contribution in [0.2, 0.25) is 0 Å². The zero-order valence-electron chi connectivity index (χ0n) is 8.32. The zero-order chi connectivity index (χ0) is 11.4. The van der Waals surface area contributed by atoms with Crippen molar-refractivity contribution in [3.63, 3.8) is 0 Å². The molecule has 1 atom stereocenters. The van der Waals surface area contributed by atoms with Crippen LogP contribution >= 0.6 is 0 Å². The zero-order valence-corrected chi connectivity index (χ0v) is 8.32. The first-order chi connectivity index (χ1) is 6.19. The molecule has 0 aromatic carbocycles. The maximum atomic E-state index is 11.7. The first-order valence-electron chi connectivity index (χ1n) is 4.51. The highest BCUT2D eigenvalue weighted by Crippen LogP contribution is 2.23. The van der Waals surface area contributed by atoms with Gasteiger partial charge in [0, 0.05) is 12.8 Å². The highest BCUT2D eigenvalue weighted by Gasteiger charge is 2.30. The van der Waals surface area contributed by atoms with Crippen LogP contribution in [-0.2, 0) is 4.79 Å². The Labute approximate surface area is 81.1 Å². The number of halogens is 3. The summed E-state index contributed by atoms with van der Waals surface area (Å²) in [4.78, 5) is 11.2. The van der Waals surface area contributed by atoms with Crippen molar-refractivity contribution in [2.24, 2.45) is 0 Å². The van der Waals surface area contributed by atoms with E-state index in [4.69, 9.17) is 0 Å². The molecule has 0 saturated carbocycles. The van der Waals surface area contributed by atoms with Gasteiger partial charge in [-0.1, -0.05) is 6.92 Å². The fourth-order valence-corrected chi connectivity index (χ4v) is 0.916. The Bertz CT molecular complexity index is 197. The molecule has 0 aromatic rings. The third kappa shape index (κ3) is 5.21. The highest BCUT2D eigenvalue weighted by molar-refractivity contribution is 5.86. The van der Waals surface area contributed by atoms with Crippen molar-refractivity contribution >= 4 is 5.78 Å². The van der Waals surface area contributed by atoms with E-state index in [1.165, 1.54) is 6.92 Å². The van der Waals surface area contributed by atoms with E-state index in [-0.39, 0.29) is 19.3 Å². The molecule has 0 radical (unpaired) electrons.